The van der Waals surface area contributed by atoms with Crippen LogP contribution >= 0.6 is 0 Å². The SMILES string of the molecule is CCN(C)c1ccc2c(c1)C(c1ccccc1)(c1ccccc1)c1cc(N(CC)c3ccccc3-c3ccccc3)ccc1-2. The first-order valence-electron chi connectivity index (χ1n) is 15.7. The molecule has 0 spiro atoms. The highest BCUT2D eigenvalue weighted by Gasteiger charge is 2.46. The van der Waals surface area contributed by atoms with Crippen molar-refractivity contribution >= 4 is 17.1 Å². The normalized spacial score (nSPS) is 12.8. The number of fused-ring (bicyclic) bond motifs is 3. The van der Waals surface area contributed by atoms with Crippen LogP contribution in [0.2, 0.25) is 0 Å². The molecule has 216 valence electrons. The molecule has 0 radical (unpaired) electrons. The summed E-state index contributed by atoms with van der Waals surface area (Å²) in [5.74, 6) is 0. The van der Waals surface area contributed by atoms with Gasteiger partial charge in [-0.25, -0.2) is 0 Å². The van der Waals surface area contributed by atoms with Gasteiger partial charge in [0.1, 0.15) is 0 Å². The molecule has 6 aromatic carbocycles. The summed E-state index contributed by atoms with van der Waals surface area (Å²) < 4.78 is 0. The third kappa shape index (κ3) is 4.41. The highest BCUT2D eigenvalue weighted by Crippen LogP contribution is 2.57. The molecule has 0 unspecified atom stereocenters. The first-order chi connectivity index (χ1) is 21.7. The second-order valence-corrected chi connectivity index (χ2v) is 11.6. The van der Waals surface area contributed by atoms with Gasteiger partial charge in [0.15, 0.2) is 0 Å². The summed E-state index contributed by atoms with van der Waals surface area (Å²) in [6, 6.07) is 55.8. The van der Waals surface area contributed by atoms with Crippen LogP contribution in [0.15, 0.2) is 152 Å². The molecule has 0 aromatic heterocycles. The summed E-state index contributed by atoms with van der Waals surface area (Å²) in [6.45, 7) is 6.26. The lowest BCUT2D eigenvalue weighted by molar-refractivity contribution is 0.767. The minimum atomic E-state index is -0.452. The second-order valence-electron chi connectivity index (χ2n) is 11.6. The molecule has 0 N–H and O–H groups in total. The van der Waals surface area contributed by atoms with Gasteiger partial charge in [0.05, 0.1) is 5.41 Å². The van der Waals surface area contributed by atoms with Crippen molar-refractivity contribution in [3.05, 3.63) is 174 Å². The van der Waals surface area contributed by atoms with Gasteiger partial charge in [0.25, 0.3) is 0 Å². The van der Waals surface area contributed by atoms with Crippen molar-refractivity contribution in [2.45, 2.75) is 19.3 Å². The van der Waals surface area contributed by atoms with E-state index in [4.69, 9.17) is 0 Å². The van der Waals surface area contributed by atoms with Gasteiger partial charge in [0.2, 0.25) is 0 Å². The number of hydrogen-bond acceptors (Lipinski definition) is 2. The average Bonchev–Trinajstić information content (AvgIpc) is 3.39. The Morgan fingerprint density at radius 1 is 0.477 bits per heavy atom. The van der Waals surface area contributed by atoms with Crippen LogP contribution in [0, 0.1) is 0 Å². The summed E-state index contributed by atoms with van der Waals surface area (Å²) in [5.41, 5.74) is 13.5. The van der Waals surface area contributed by atoms with E-state index < -0.39 is 5.41 Å². The highest BCUT2D eigenvalue weighted by molar-refractivity contribution is 5.90. The van der Waals surface area contributed by atoms with Crippen LogP contribution in [-0.4, -0.2) is 20.1 Å². The molecule has 0 saturated carbocycles. The zero-order valence-corrected chi connectivity index (χ0v) is 25.7. The van der Waals surface area contributed by atoms with Gasteiger partial charge >= 0.3 is 0 Å². The summed E-state index contributed by atoms with van der Waals surface area (Å²) in [6.07, 6.45) is 0. The third-order valence-electron chi connectivity index (χ3n) is 9.34. The lowest BCUT2D eigenvalue weighted by Gasteiger charge is -2.35. The smallest absolute Gasteiger partial charge is 0.0715 e. The predicted molar refractivity (Wildman–Crippen MR) is 187 cm³/mol. The van der Waals surface area contributed by atoms with Crippen molar-refractivity contribution in [3.63, 3.8) is 0 Å². The average molecular weight is 571 g/mol. The molecule has 0 fully saturated rings. The topological polar surface area (TPSA) is 6.48 Å². The van der Waals surface area contributed by atoms with E-state index >= 15 is 0 Å². The number of benzene rings is 6. The first kappa shape index (κ1) is 27.7. The van der Waals surface area contributed by atoms with Crippen molar-refractivity contribution < 1.29 is 0 Å². The van der Waals surface area contributed by atoms with Gasteiger partial charge in [-0.1, -0.05) is 121 Å². The van der Waals surface area contributed by atoms with Crippen LogP contribution in [0.1, 0.15) is 36.1 Å². The fraction of sp³-hybridized carbons (Fsp3) is 0.143. The summed E-state index contributed by atoms with van der Waals surface area (Å²) >= 11 is 0. The Hall–Kier alpha value is -5.08. The number of anilines is 3. The predicted octanol–water partition coefficient (Wildman–Crippen LogP) is 10.3. The molecule has 44 heavy (non-hydrogen) atoms. The van der Waals surface area contributed by atoms with Crippen LogP contribution in [-0.2, 0) is 5.41 Å². The van der Waals surface area contributed by atoms with Crippen LogP contribution in [0.25, 0.3) is 22.3 Å². The molecule has 0 saturated heterocycles. The second kappa shape index (κ2) is 11.5. The first-order valence-corrected chi connectivity index (χ1v) is 15.7. The Morgan fingerprint density at radius 3 is 1.55 bits per heavy atom. The van der Waals surface area contributed by atoms with E-state index in [0.717, 1.165) is 13.1 Å². The number of nitrogens with zero attached hydrogens (tertiary/aromatic N) is 2. The molecule has 0 bridgehead atoms. The largest absolute Gasteiger partial charge is 0.375 e. The molecular formula is C42H38N2. The van der Waals surface area contributed by atoms with E-state index in [1.807, 2.05) is 0 Å². The van der Waals surface area contributed by atoms with Gasteiger partial charge in [-0.15, -0.1) is 0 Å². The van der Waals surface area contributed by atoms with Crippen molar-refractivity contribution in [3.8, 4) is 22.3 Å². The number of para-hydroxylation sites is 1. The van der Waals surface area contributed by atoms with Gasteiger partial charge < -0.3 is 9.80 Å². The van der Waals surface area contributed by atoms with Crippen molar-refractivity contribution in [1.82, 2.24) is 0 Å². The summed E-state index contributed by atoms with van der Waals surface area (Å²) in [4.78, 5) is 4.79. The minimum Gasteiger partial charge on any atom is -0.375 e. The molecule has 0 heterocycles. The van der Waals surface area contributed by atoms with Gasteiger partial charge in [-0.05, 0) is 83.1 Å². The molecule has 2 nitrogen and oxygen atoms in total. The molecular weight excluding hydrogens is 532 g/mol. The van der Waals surface area contributed by atoms with Crippen molar-refractivity contribution in [2.24, 2.45) is 0 Å². The maximum Gasteiger partial charge on any atom is 0.0715 e. The van der Waals surface area contributed by atoms with Crippen LogP contribution < -0.4 is 9.80 Å². The van der Waals surface area contributed by atoms with E-state index in [9.17, 15) is 0 Å². The minimum absolute atomic E-state index is 0.452. The summed E-state index contributed by atoms with van der Waals surface area (Å²) in [7, 11) is 2.18. The van der Waals surface area contributed by atoms with Gasteiger partial charge in [0, 0.05) is 42.8 Å². The molecule has 6 aromatic rings. The standard InChI is InChI=1S/C42H38N2/c1-4-43(3)34-25-27-37-38-28-26-35(44(5-2)41-24-16-15-23-36(41)31-17-9-6-10-18-31)30-40(38)42(39(37)29-34,32-19-11-7-12-20-32)33-21-13-8-14-22-33/h6-30H,4-5H2,1-3H3. The maximum absolute atomic E-state index is 2.46. The molecule has 0 aliphatic heterocycles. The number of rotatable bonds is 8. The van der Waals surface area contributed by atoms with Crippen LogP contribution in [0.3, 0.4) is 0 Å². The Morgan fingerprint density at radius 2 is 0.977 bits per heavy atom. The van der Waals surface area contributed by atoms with Crippen LogP contribution in [0.4, 0.5) is 17.1 Å². The Kier molecular flexibility index (Phi) is 7.28. The molecule has 0 amide bonds. The zero-order valence-electron chi connectivity index (χ0n) is 25.7. The van der Waals surface area contributed by atoms with Crippen molar-refractivity contribution in [1.29, 1.82) is 0 Å². The van der Waals surface area contributed by atoms with Gasteiger partial charge in [-0.2, -0.15) is 0 Å². The lowest BCUT2D eigenvalue weighted by atomic mass is 9.67. The quantitative estimate of drug-likeness (QED) is 0.179. The molecule has 0 atom stereocenters. The fourth-order valence-electron chi connectivity index (χ4n) is 7.12. The summed E-state index contributed by atoms with van der Waals surface area (Å²) in [5, 5.41) is 0. The molecule has 7 rings (SSSR count). The monoisotopic (exact) mass is 570 g/mol. The van der Waals surface area contributed by atoms with E-state index in [-0.39, 0.29) is 0 Å². The Balaban J connectivity index is 1.50. The Labute approximate surface area is 261 Å². The fourth-order valence-corrected chi connectivity index (χ4v) is 7.12. The Bertz CT molecular complexity index is 1850. The van der Waals surface area contributed by atoms with E-state index in [0.29, 0.717) is 0 Å². The highest BCUT2D eigenvalue weighted by atomic mass is 15.1. The zero-order chi connectivity index (χ0) is 30.1. The third-order valence-corrected chi connectivity index (χ3v) is 9.34. The molecule has 1 aliphatic rings. The maximum atomic E-state index is 2.46. The van der Waals surface area contributed by atoms with Crippen LogP contribution in [0.5, 0.6) is 0 Å². The lowest BCUT2D eigenvalue weighted by Crippen LogP contribution is -2.29. The molecule has 1 aliphatic carbocycles. The van der Waals surface area contributed by atoms with E-state index in [2.05, 4.69) is 182 Å². The van der Waals surface area contributed by atoms with Crippen molar-refractivity contribution in [2.75, 3.05) is 29.9 Å². The number of hydrogen-bond donors (Lipinski definition) is 0. The molecule has 2 heteroatoms. The van der Waals surface area contributed by atoms with E-state index in [1.54, 1.807) is 0 Å². The van der Waals surface area contributed by atoms with E-state index in [1.165, 1.54) is 61.6 Å². The van der Waals surface area contributed by atoms with Gasteiger partial charge in [-0.3, -0.25) is 0 Å².